The van der Waals surface area contributed by atoms with Crippen LogP contribution in [0.15, 0.2) is 42.9 Å². The van der Waals surface area contributed by atoms with Gasteiger partial charge in [-0.15, -0.1) is 6.58 Å². The van der Waals surface area contributed by atoms with Crippen LogP contribution < -0.4 is 0 Å². The maximum atomic E-state index is 7.46. The van der Waals surface area contributed by atoms with E-state index >= 15 is 0 Å². The van der Waals surface area contributed by atoms with Gasteiger partial charge in [-0.2, -0.15) is 0 Å². The van der Waals surface area contributed by atoms with Crippen molar-refractivity contribution >= 4 is 0 Å². The lowest BCUT2D eigenvalue weighted by Gasteiger charge is -1.91. The molecule has 1 rings (SSSR count). The van der Waals surface area contributed by atoms with Crippen LogP contribution in [0, 0.1) is 0 Å². The average molecular weight is 120 g/mol. The van der Waals surface area contributed by atoms with E-state index in [1.165, 1.54) is 0 Å². The van der Waals surface area contributed by atoms with Gasteiger partial charge >= 0.3 is 0 Å². The molecule has 9 heavy (non-hydrogen) atoms. The van der Waals surface area contributed by atoms with E-state index in [4.69, 9.17) is 2.74 Å². The summed E-state index contributed by atoms with van der Waals surface area (Å²) >= 11 is 0. The predicted molar refractivity (Wildman–Crippen MR) is 40.3 cm³/mol. The Kier molecular flexibility index (Phi) is 1.33. The van der Waals surface area contributed by atoms with E-state index in [0.717, 1.165) is 5.56 Å². The molecule has 0 aliphatic heterocycles. The van der Waals surface area contributed by atoms with Crippen LogP contribution in [0.25, 0.3) is 0 Å². The highest BCUT2D eigenvalue weighted by Gasteiger charge is 1.82. The van der Waals surface area contributed by atoms with E-state index in [1.54, 1.807) is 18.2 Å². The normalized spacial score (nSPS) is 12.0. The van der Waals surface area contributed by atoms with E-state index in [-0.39, 0.29) is 6.04 Å². The fraction of sp³-hybridized carbons (Fsp3) is 0.111. The Labute approximate surface area is 58.6 Å². The largest absolute Gasteiger partial charge is 0.103 e. The molecule has 0 aromatic heterocycles. The van der Waals surface area contributed by atoms with Gasteiger partial charge in [0, 0.05) is 0 Å². The number of hydrogen-bond donors (Lipinski definition) is 0. The van der Waals surface area contributed by atoms with Crippen LogP contribution in [0.4, 0.5) is 0 Å². The van der Waals surface area contributed by atoms with Crippen molar-refractivity contribution in [3.8, 4) is 0 Å². The second kappa shape index (κ2) is 3.08. The van der Waals surface area contributed by atoms with E-state index in [0.29, 0.717) is 12.5 Å². The van der Waals surface area contributed by atoms with Gasteiger partial charge in [-0.1, -0.05) is 36.4 Å². The van der Waals surface area contributed by atoms with Gasteiger partial charge in [-0.05, 0) is 12.0 Å². The van der Waals surface area contributed by atoms with Crippen LogP contribution in [0.5, 0.6) is 0 Å². The van der Waals surface area contributed by atoms with E-state index < -0.39 is 0 Å². The first-order chi connectivity index (χ1) is 5.25. The molecule has 0 aliphatic carbocycles. The average Bonchev–Trinajstić information content (AvgIpc) is 1.99. The first kappa shape index (κ1) is 3.89. The maximum absolute atomic E-state index is 7.46. The number of hydrogen-bond acceptors (Lipinski definition) is 0. The molecule has 1 aromatic carbocycles. The molecule has 0 radical (unpaired) electrons. The molecular weight excluding hydrogens is 108 g/mol. The van der Waals surface area contributed by atoms with Gasteiger partial charge in [0.05, 0.1) is 2.74 Å². The number of rotatable bonds is 2. The summed E-state index contributed by atoms with van der Waals surface area (Å²) in [7, 11) is 0. The maximum Gasteiger partial charge on any atom is 0.0626 e. The van der Waals surface area contributed by atoms with Crippen LogP contribution in [0.3, 0.4) is 0 Å². The molecule has 0 amide bonds. The highest BCUT2D eigenvalue weighted by atomic mass is 13.9. The SMILES string of the molecule is [2H]c1cccc(CC=C)c1[2H]. The van der Waals surface area contributed by atoms with Gasteiger partial charge in [0.1, 0.15) is 0 Å². The zero-order chi connectivity index (χ0) is 8.27. The summed E-state index contributed by atoms with van der Waals surface area (Å²) in [5.74, 6) is 0. The fourth-order valence-corrected chi connectivity index (χ4v) is 0.663. The van der Waals surface area contributed by atoms with Gasteiger partial charge in [-0.3, -0.25) is 0 Å². The van der Waals surface area contributed by atoms with E-state index in [1.807, 2.05) is 6.07 Å². The third-order valence-corrected chi connectivity index (χ3v) is 1.07. The Morgan fingerprint density at radius 1 is 1.67 bits per heavy atom. The van der Waals surface area contributed by atoms with Gasteiger partial charge in [0.2, 0.25) is 0 Å². The lowest BCUT2D eigenvalue weighted by Crippen LogP contribution is -1.75. The Bertz CT molecular complexity index is 266. The third-order valence-electron chi connectivity index (χ3n) is 1.07. The summed E-state index contributed by atoms with van der Waals surface area (Å²) in [6.07, 6.45) is 2.42. The minimum Gasteiger partial charge on any atom is -0.103 e. The molecule has 0 heterocycles. The van der Waals surface area contributed by atoms with Gasteiger partial charge in [0.15, 0.2) is 0 Å². The monoisotopic (exact) mass is 120 g/mol. The van der Waals surface area contributed by atoms with Crippen molar-refractivity contribution in [2.45, 2.75) is 6.42 Å². The second-order valence-electron chi connectivity index (χ2n) is 1.81. The molecule has 0 heteroatoms. The first-order valence-corrected chi connectivity index (χ1v) is 2.91. The summed E-state index contributed by atoms with van der Waals surface area (Å²) < 4.78 is 14.8. The molecule has 0 bridgehead atoms. The standard InChI is InChI=1S/C9H10/c1-2-6-9-7-4-3-5-8-9/h2-5,7-8H,1,6H2/i4D,7D. The molecule has 0 fully saturated rings. The van der Waals surface area contributed by atoms with E-state index in [9.17, 15) is 0 Å². The van der Waals surface area contributed by atoms with Crippen molar-refractivity contribution in [3.63, 3.8) is 0 Å². The highest BCUT2D eigenvalue weighted by molar-refractivity contribution is 5.16. The van der Waals surface area contributed by atoms with Gasteiger partial charge in [-0.25, -0.2) is 0 Å². The molecule has 1 aromatic rings. The smallest absolute Gasteiger partial charge is 0.0626 e. The molecule has 0 aliphatic rings. The van der Waals surface area contributed by atoms with Crippen LogP contribution in [-0.2, 0) is 6.42 Å². The topological polar surface area (TPSA) is 0 Å². The Balaban J connectivity index is 3.05. The molecule has 0 saturated heterocycles. The zero-order valence-electron chi connectivity index (χ0n) is 7.22. The number of allylic oxidation sites excluding steroid dienone is 1. The van der Waals surface area contributed by atoms with Crippen LogP contribution in [0.1, 0.15) is 8.30 Å². The lowest BCUT2D eigenvalue weighted by atomic mass is 10.2. The summed E-state index contributed by atoms with van der Waals surface area (Å²) in [4.78, 5) is 0. The van der Waals surface area contributed by atoms with Crippen molar-refractivity contribution in [1.82, 2.24) is 0 Å². The van der Waals surface area contributed by atoms with Crippen molar-refractivity contribution in [2.75, 3.05) is 0 Å². The Hall–Kier alpha value is -1.04. The minimum absolute atomic E-state index is 0.282. The molecule has 0 unspecified atom stereocenters. The van der Waals surface area contributed by atoms with Crippen molar-refractivity contribution < 1.29 is 2.74 Å². The molecule has 0 saturated carbocycles. The summed E-state index contributed by atoms with van der Waals surface area (Å²) in [5.41, 5.74) is 0.868. The van der Waals surface area contributed by atoms with Crippen LogP contribution in [0.2, 0.25) is 0 Å². The third kappa shape index (κ3) is 1.73. The summed E-state index contributed by atoms with van der Waals surface area (Å²) in [6, 6.07) is 5.85. The zero-order valence-corrected chi connectivity index (χ0v) is 5.22. The quantitative estimate of drug-likeness (QED) is 0.526. The first-order valence-electron chi connectivity index (χ1n) is 3.91. The fourth-order valence-electron chi connectivity index (χ4n) is 0.663. The van der Waals surface area contributed by atoms with E-state index in [2.05, 4.69) is 6.58 Å². The molecule has 0 spiro atoms. The second-order valence-corrected chi connectivity index (χ2v) is 1.81. The van der Waals surface area contributed by atoms with Crippen LogP contribution in [-0.4, -0.2) is 0 Å². The summed E-state index contributed by atoms with van der Waals surface area (Å²) in [5, 5.41) is 0. The molecule has 0 N–H and O–H groups in total. The molecular formula is C9H10. The van der Waals surface area contributed by atoms with Crippen molar-refractivity contribution in [3.05, 3.63) is 48.5 Å². The lowest BCUT2D eigenvalue weighted by molar-refractivity contribution is 1.28. The molecule has 46 valence electrons. The minimum atomic E-state index is 0.282. The van der Waals surface area contributed by atoms with Crippen LogP contribution >= 0.6 is 0 Å². The van der Waals surface area contributed by atoms with Crippen molar-refractivity contribution in [2.24, 2.45) is 0 Å². The Morgan fingerprint density at radius 3 is 3.33 bits per heavy atom. The van der Waals surface area contributed by atoms with Gasteiger partial charge < -0.3 is 0 Å². The Morgan fingerprint density at radius 2 is 2.56 bits per heavy atom. The van der Waals surface area contributed by atoms with Gasteiger partial charge in [0.25, 0.3) is 0 Å². The molecule has 0 atom stereocenters. The summed E-state index contributed by atoms with van der Waals surface area (Å²) in [6.45, 7) is 3.58. The highest BCUT2D eigenvalue weighted by Crippen LogP contribution is 1.98. The number of benzene rings is 1. The predicted octanol–water partition coefficient (Wildman–Crippen LogP) is 2.42. The van der Waals surface area contributed by atoms with Crippen molar-refractivity contribution in [1.29, 1.82) is 0 Å². The molecule has 0 nitrogen and oxygen atoms in total.